The molecule has 9 heteroatoms. The van der Waals surface area contributed by atoms with Gasteiger partial charge in [-0.2, -0.15) is 0 Å². The van der Waals surface area contributed by atoms with Crippen LogP contribution in [0.4, 0.5) is 0 Å². The fourth-order valence-corrected chi connectivity index (χ4v) is 3.69. The lowest BCUT2D eigenvalue weighted by molar-refractivity contribution is -0.145. The third kappa shape index (κ3) is 4.68. The maximum Gasteiger partial charge on any atom is 0.333 e. The molecule has 0 aliphatic carbocycles. The second kappa shape index (κ2) is 9.62. The van der Waals surface area contributed by atoms with Crippen molar-refractivity contribution in [2.24, 2.45) is 0 Å². The van der Waals surface area contributed by atoms with Crippen molar-refractivity contribution < 1.29 is 28.1 Å². The number of amides is 1. The van der Waals surface area contributed by atoms with Gasteiger partial charge in [0.2, 0.25) is 5.78 Å². The van der Waals surface area contributed by atoms with E-state index in [1.54, 1.807) is 66.9 Å². The number of Topliss-reactive ketones (excluding diaryl/α,β-unsaturated/α-hetero) is 1. The number of ether oxygens (including phenoxy) is 1. The Morgan fingerprint density at radius 1 is 1.06 bits per heavy atom. The molecule has 0 bridgehead atoms. The molecule has 1 aromatic carbocycles. The topological polar surface area (TPSA) is 117 Å². The quantitative estimate of drug-likeness (QED) is 0.313. The van der Waals surface area contributed by atoms with E-state index >= 15 is 0 Å². The van der Waals surface area contributed by atoms with Crippen LogP contribution in [0.25, 0.3) is 5.82 Å². The van der Waals surface area contributed by atoms with E-state index in [0.717, 1.165) is 5.69 Å². The Labute approximate surface area is 195 Å². The Bertz CT molecular complexity index is 1320. The van der Waals surface area contributed by atoms with Crippen molar-refractivity contribution in [3.63, 3.8) is 0 Å². The minimum Gasteiger partial charge on any atom is -0.459 e. The molecule has 4 rings (SSSR count). The number of carbonyl (C=O) groups excluding carboxylic acids is 3. The van der Waals surface area contributed by atoms with Gasteiger partial charge in [0.1, 0.15) is 5.76 Å². The SMILES string of the molecule is Cc1cc(-n2c(C)cc(C(=O)COC(=O)C(NC(=O)c3ccco3)c3ccccc3)c2C)no1. The fourth-order valence-electron chi connectivity index (χ4n) is 3.69. The van der Waals surface area contributed by atoms with E-state index in [9.17, 15) is 14.4 Å². The highest BCUT2D eigenvalue weighted by Crippen LogP contribution is 2.22. The summed E-state index contributed by atoms with van der Waals surface area (Å²) in [6.45, 7) is 4.92. The van der Waals surface area contributed by atoms with Crippen LogP contribution in [0.15, 0.2) is 69.8 Å². The summed E-state index contributed by atoms with van der Waals surface area (Å²) in [6, 6.07) is 14.0. The number of esters is 1. The number of benzene rings is 1. The van der Waals surface area contributed by atoms with Crippen molar-refractivity contribution in [1.82, 2.24) is 15.0 Å². The zero-order valence-corrected chi connectivity index (χ0v) is 18.9. The van der Waals surface area contributed by atoms with Crippen LogP contribution in [-0.2, 0) is 9.53 Å². The summed E-state index contributed by atoms with van der Waals surface area (Å²) < 4.78 is 17.4. The van der Waals surface area contributed by atoms with Crippen LogP contribution >= 0.6 is 0 Å². The summed E-state index contributed by atoms with van der Waals surface area (Å²) in [5.41, 5.74) is 2.35. The summed E-state index contributed by atoms with van der Waals surface area (Å²) in [7, 11) is 0. The van der Waals surface area contributed by atoms with E-state index in [0.29, 0.717) is 28.4 Å². The van der Waals surface area contributed by atoms with E-state index in [4.69, 9.17) is 13.7 Å². The number of rotatable bonds is 8. The average molecular weight is 461 g/mol. The Balaban J connectivity index is 1.49. The molecule has 9 nitrogen and oxygen atoms in total. The molecule has 174 valence electrons. The molecule has 3 heterocycles. The highest BCUT2D eigenvalue weighted by atomic mass is 16.5. The van der Waals surface area contributed by atoms with Crippen molar-refractivity contribution in [2.45, 2.75) is 26.8 Å². The summed E-state index contributed by atoms with van der Waals surface area (Å²) in [5, 5.41) is 6.61. The average Bonchev–Trinajstić information content (AvgIpc) is 3.57. The van der Waals surface area contributed by atoms with Gasteiger partial charge >= 0.3 is 5.97 Å². The summed E-state index contributed by atoms with van der Waals surface area (Å²) >= 11 is 0. The highest BCUT2D eigenvalue weighted by Gasteiger charge is 2.27. The van der Waals surface area contributed by atoms with E-state index < -0.39 is 24.5 Å². The third-order valence-corrected chi connectivity index (χ3v) is 5.31. The van der Waals surface area contributed by atoms with Crippen molar-refractivity contribution in [3.05, 3.63) is 94.9 Å². The maximum atomic E-state index is 12.9. The third-order valence-electron chi connectivity index (χ3n) is 5.31. The maximum absolute atomic E-state index is 12.9. The first-order chi connectivity index (χ1) is 16.3. The Morgan fingerprint density at radius 2 is 1.82 bits per heavy atom. The van der Waals surface area contributed by atoms with E-state index in [1.165, 1.54) is 12.3 Å². The predicted molar refractivity (Wildman–Crippen MR) is 121 cm³/mol. The van der Waals surface area contributed by atoms with Crippen LogP contribution in [0.3, 0.4) is 0 Å². The monoisotopic (exact) mass is 461 g/mol. The van der Waals surface area contributed by atoms with Gasteiger partial charge in [-0.05, 0) is 44.5 Å². The standard InChI is InChI=1S/C25H23N3O6/c1-15-12-19(17(3)28(15)22-13-16(2)34-27-22)20(29)14-33-25(31)23(18-8-5-4-6-9-18)26-24(30)21-10-7-11-32-21/h4-13,23H,14H2,1-3H3,(H,26,30). The smallest absolute Gasteiger partial charge is 0.333 e. The predicted octanol–water partition coefficient (Wildman–Crippen LogP) is 3.88. The fraction of sp³-hybridized carbons (Fsp3) is 0.200. The van der Waals surface area contributed by atoms with Gasteiger partial charge in [0.05, 0.1) is 6.26 Å². The molecule has 0 radical (unpaired) electrons. The van der Waals surface area contributed by atoms with Crippen LogP contribution in [0, 0.1) is 20.8 Å². The van der Waals surface area contributed by atoms with Gasteiger partial charge in [-0.3, -0.25) is 14.2 Å². The van der Waals surface area contributed by atoms with E-state index in [1.807, 2.05) is 6.92 Å². The van der Waals surface area contributed by atoms with E-state index in [2.05, 4.69) is 10.5 Å². The molecule has 1 unspecified atom stereocenters. The number of carbonyl (C=O) groups is 3. The van der Waals surface area contributed by atoms with E-state index in [-0.39, 0.29) is 11.5 Å². The number of ketones is 1. The summed E-state index contributed by atoms with van der Waals surface area (Å²) in [6.07, 6.45) is 1.36. The Kier molecular flexibility index (Phi) is 6.44. The molecule has 4 aromatic rings. The number of aromatic nitrogens is 2. The van der Waals surface area contributed by atoms with Gasteiger partial charge in [-0.25, -0.2) is 4.79 Å². The molecule has 0 saturated heterocycles. The van der Waals surface area contributed by atoms with Crippen molar-refractivity contribution in [2.75, 3.05) is 6.61 Å². The molecular formula is C25H23N3O6. The molecule has 1 amide bonds. The first kappa shape index (κ1) is 22.8. The van der Waals surface area contributed by atoms with Gasteiger partial charge in [-0.15, -0.1) is 0 Å². The second-order valence-electron chi connectivity index (χ2n) is 7.74. The largest absolute Gasteiger partial charge is 0.459 e. The molecule has 0 spiro atoms. The first-order valence-electron chi connectivity index (χ1n) is 10.6. The second-order valence-corrected chi connectivity index (χ2v) is 7.74. The molecular weight excluding hydrogens is 438 g/mol. The lowest BCUT2D eigenvalue weighted by atomic mass is 10.1. The molecule has 34 heavy (non-hydrogen) atoms. The number of hydrogen-bond acceptors (Lipinski definition) is 7. The summed E-state index contributed by atoms with van der Waals surface area (Å²) in [4.78, 5) is 38.3. The molecule has 0 saturated carbocycles. The molecule has 1 N–H and O–H groups in total. The lowest BCUT2D eigenvalue weighted by Gasteiger charge is -2.17. The minimum atomic E-state index is -1.11. The van der Waals surface area contributed by atoms with Gasteiger partial charge in [-0.1, -0.05) is 35.5 Å². The van der Waals surface area contributed by atoms with Crippen LogP contribution < -0.4 is 5.32 Å². The molecule has 3 aromatic heterocycles. The van der Waals surface area contributed by atoms with Crippen LogP contribution in [0.1, 0.15) is 49.7 Å². The number of hydrogen-bond donors (Lipinski definition) is 1. The zero-order chi connectivity index (χ0) is 24.2. The molecule has 1 atom stereocenters. The number of nitrogens with one attached hydrogen (secondary N) is 1. The first-order valence-corrected chi connectivity index (χ1v) is 10.6. The highest BCUT2D eigenvalue weighted by molar-refractivity contribution is 6.00. The summed E-state index contributed by atoms with van der Waals surface area (Å²) in [5.74, 6) is -0.451. The molecule has 0 fully saturated rings. The van der Waals surface area contributed by atoms with Crippen LogP contribution in [-0.4, -0.2) is 34.0 Å². The van der Waals surface area contributed by atoms with Gasteiger partial charge in [0.15, 0.2) is 24.2 Å². The Hall–Kier alpha value is -4.40. The van der Waals surface area contributed by atoms with Crippen LogP contribution in [0.2, 0.25) is 0 Å². The minimum absolute atomic E-state index is 0.0559. The zero-order valence-electron chi connectivity index (χ0n) is 18.9. The van der Waals surface area contributed by atoms with Crippen molar-refractivity contribution in [3.8, 4) is 5.82 Å². The van der Waals surface area contributed by atoms with Crippen molar-refractivity contribution >= 4 is 17.7 Å². The van der Waals surface area contributed by atoms with Crippen molar-refractivity contribution in [1.29, 1.82) is 0 Å². The normalized spacial score (nSPS) is 11.7. The van der Waals surface area contributed by atoms with Gasteiger partial charge in [0, 0.05) is 23.0 Å². The molecule has 0 aliphatic rings. The van der Waals surface area contributed by atoms with Gasteiger partial charge in [0.25, 0.3) is 5.91 Å². The number of aryl methyl sites for hydroxylation is 2. The molecule has 0 aliphatic heterocycles. The number of nitrogens with zero attached hydrogens (tertiary/aromatic N) is 2. The van der Waals surface area contributed by atoms with Crippen LogP contribution in [0.5, 0.6) is 0 Å². The Morgan fingerprint density at radius 3 is 2.47 bits per heavy atom. The van der Waals surface area contributed by atoms with Gasteiger partial charge < -0.3 is 19.0 Å². The number of furan rings is 1. The lowest BCUT2D eigenvalue weighted by Crippen LogP contribution is -2.35.